The standard InChI is InChI=1S/C12H8F3N3O/c13-6-4-7(14)10(15)9(5-6)18-12(19)11-8(16)2-1-3-17-11/h1-5H,16H2,(H,18,19). The van der Waals surface area contributed by atoms with E-state index in [4.69, 9.17) is 5.73 Å². The number of halogens is 3. The first-order valence-electron chi connectivity index (χ1n) is 5.15. The summed E-state index contributed by atoms with van der Waals surface area (Å²) in [6.45, 7) is 0. The van der Waals surface area contributed by atoms with Gasteiger partial charge in [-0.2, -0.15) is 0 Å². The van der Waals surface area contributed by atoms with Crippen molar-refractivity contribution in [3.63, 3.8) is 0 Å². The average Bonchev–Trinajstić information content (AvgIpc) is 2.35. The van der Waals surface area contributed by atoms with Crippen LogP contribution in [0.4, 0.5) is 24.5 Å². The molecule has 7 heteroatoms. The predicted octanol–water partition coefficient (Wildman–Crippen LogP) is 2.33. The number of hydrogen-bond acceptors (Lipinski definition) is 3. The van der Waals surface area contributed by atoms with Crippen molar-refractivity contribution in [3.8, 4) is 0 Å². The van der Waals surface area contributed by atoms with Gasteiger partial charge in [0.25, 0.3) is 5.91 Å². The van der Waals surface area contributed by atoms with Gasteiger partial charge < -0.3 is 11.1 Å². The molecule has 3 N–H and O–H groups in total. The van der Waals surface area contributed by atoms with Crippen molar-refractivity contribution in [2.75, 3.05) is 11.1 Å². The van der Waals surface area contributed by atoms with E-state index in [9.17, 15) is 18.0 Å². The van der Waals surface area contributed by atoms with Crippen LogP contribution in [0.3, 0.4) is 0 Å². The molecule has 2 rings (SSSR count). The minimum absolute atomic E-state index is 0.0669. The lowest BCUT2D eigenvalue weighted by molar-refractivity contribution is 0.102. The molecular weight excluding hydrogens is 259 g/mol. The largest absolute Gasteiger partial charge is 0.397 e. The Bertz CT molecular complexity index is 646. The maximum absolute atomic E-state index is 13.4. The van der Waals surface area contributed by atoms with Gasteiger partial charge in [0.15, 0.2) is 17.3 Å². The van der Waals surface area contributed by atoms with Crippen molar-refractivity contribution in [3.05, 3.63) is 53.6 Å². The Morgan fingerprint density at radius 1 is 1.26 bits per heavy atom. The molecule has 98 valence electrons. The first-order chi connectivity index (χ1) is 8.99. The molecule has 2 aromatic rings. The van der Waals surface area contributed by atoms with Gasteiger partial charge in [-0.3, -0.25) is 4.79 Å². The molecule has 0 fully saturated rings. The summed E-state index contributed by atoms with van der Waals surface area (Å²) in [5.41, 5.74) is 4.80. The van der Waals surface area contributed by atoms with Crippen LogP contribution < -0.4 is 11.1 Å². The highest BCUT2D eigenvalue weighted by atomic mass is 19.2. The summed E-state index contributed by atoms with van der Waals surface area (Å²) in [5, 5.41) is 2.01. The van der Waals surface area contributed by atoms with Crippen LogP contribution in [0.15, 0.2) is 30.5 Å². The molecule has 19 heavy (non-hydrogen) atoms. The zero-order valence-corrected chi connectivity index (χ0v) is 9.45. The van der Waals surface area contributed by atoms with Crippen molar-refractivity contribution in [2.45, 2.75) is 0 Å². The topological polar surface area (TPSA) is 68.0 Å². The number of nitrogens with two attached hydrogens (primary N) is 1. The van der Waals surface area contributed by atoms with E-state index in [1.54, 1.807) is 0 Å². The lowest BCUT2D eigenvalue weighted by Gasteiger charge is -2.08. The van der Waals surface area contributed by atoms with Crippen molar-refractivity contribution in [1.29, 1.82) is 0 Å². The van der Waals surface area contributed by atoms with Crippen molar-refractivity contribution in [1.82, 2.24) is 4.98 Å². The number of pyridine rings is 1. The average molecular weight is 267 g/mol. The van der Waals surface area contributed by atoms with Crippen LogP contribution in [-0.4, -0.2) is 10.9 Å². The van der Waals surface area contributed by atoms with Gasteiger partial charge in [0.05, 0.1) is 11.4 Å². The summed E-state index contributed by atoms with van der Waals surface area (Å²) in [7, 11) is 0. The quantitative estimate of drug-likeness (QED) is 0.820. The number of nitrogens with zero attached hydrogens (tertiary/aromatic N) is 1. The summed E-state index contributed by atoms with van der Waals surface area (Å²) in [5.74, 6) is -4.63. The number of aromatic nitrogens is 1. The predicted molar refractivity (Wildman–Crippen MR) is 62.9 cm³/mol. The molecule has 0 saturated heterocycles. The Hall–Kier alpha value is -2.57. The van der Waals surface area contributed by atoms with Crippen LogP contribution in [0.25, 0.3) is 0 Å². The molecule has 4 nitrogen and oxygen atoms in total. The van der Waals surface area contributed by atoms with Crippen molar-refractivity contribution in [2.24, 2.45) is 0 Å². The second-order valence-electron chi connectivity index (χ2n) is 3.64. The number of carbonyl (C=O) groups is 1. The molecule has 0 aliphatic rings. The third kappa shape index (κ3) is 2.65. The van der Waals surface area contributed by atoms with Gasteiger partial charge in [0, 0.05) is 18.3 Å². The molecule has 0 bridgehead atoms. The first kappa shape index (κ1) is 12.9. The number of nitrogens with one attached hydrogen (secondary N) is 1. The number of rotatable bonds is 2. The van der Waals surface area contributed by atoms with E-state index in [-0.39, 0.29) is 11.4 Å². The van der Waals surface area contributed by atoms with E-state index < -0.39 is 29.0 Å². The maximum atomic E-state index is 13.4. The van der Waals surface area contributed by atoms with Gasteiger partial charge in [-0.05, 0) is 12.1 Å². The first-order valence-corrected chi connectivity index (χ1v) is 5.15. The second-order valence-corrected chi connectivity index (χ2v) is 3.64. The van der Waals surface area contributed by atoms with Crippen LogP contribution in [0.5, 0.6) is 0 Å². The molecule has 1 aromatic carbocycles. The van der Waals surface area contributed by atoms with Gasteiger partial charge in [0.2, 0.25) is 0 Å². The third-order valence-corrected chi connectivity index (χ3v) is 2.30. The Labute approximate surface area is 106 Å². The molecule has 0 saturated carbocycles. The summed E-state index contributed by atoms with van der Waals surface area (Å²) in [6.07, 6.45) is 1.31. The van der Waals surface area contributed by atoms with Crippen molar-refractivity contribution < 1.29 is 18.0 Å². The van der Waals surface area contributed by atoms with E-state index in [1.807, 2.05) is 5.32 Å². The van der Waals surface area contributed by atoms with E-state index in [0.717, 1.165) is 0 Å². The molecule has 0 atom stereocenters. The highest BCUT2D eigenvalue weighted by molar-refractivity contribution is 6.06. The fraction of sp³-hybridized carbons (Fsp3) is 0. The molecule has 1 heterocycles. The Kier molecular flexibility index (Phi) is 3.37. The second kappa shape index (κ2) is 4.97. The molecule has 0 unspecified atom stereocenters. The normalized spacial score (nSPS) is 10.3. The number of nitrogen functional groups attached to an aromatic ring is 1. The summed E-state index contributed by atoms with van der Waals surface area (Å²) < 4.78 is 39.3. The molecular formula is C12H8F3N3O. The molecule has 0 spiro atoms. The zero-order valence-electron chi connectivity index (χ0n) is 9.45. The Balaban J connectivity index is 2.32. The summed E-state index contributed by atoms with van der Waals surface area (Å²) in [6, 6.07) is 3.97. The summed E-state index contributed by atoms with van der Waals surface area (Å²) in [4.78, 5) is 15.4. The van der Waals surface area contributed by atoms with Gasteiger partial charge in [-0.25, -0.2) is 18.2 Å². The number of benzene rings is 1. The van der Waals surface area contributed by atoms with E-state index in [1.165, 1.54) is 18.3 Å². The molecule has 0 aliphatic heterocycles. The minimum atomic E-state index is -1.40. The monoisotopic (exact) mass is 267 g/mol. The summed E-state index contributed by atoms with van der Waals surface area (Å²) >= 11 is 0. The van der Waals surface area contributed by atoms with Crippen molar-refractivity contribution >= 4 is 17.3 Å². The van der Waals surface area contributed by atoms with Gasteiger partial charge in [-0.15, -0.1) is 0 Å². The van der Waals surface area contributed by atoms with Gasteiger partial charge in [0.1, 0.15) is 5.82 Å². The molecule has 0 aliphatic carbocycles. The minimum Gasteiger partial charge on any atom is -0.397 e. The van der Waals surface area contributed by atoms with Crippen LogP contribution in [0.2, 0.25) is 0 Å². The van der Waals surface area contributed by atoms with Gasteiger partial charge >= 0.3 is 0 Å². The highest BCUT2D eigenvalue weighted by Crippen LogP contribution is 2.20. The third-order valence-electron chi connectivity index (χ3n) is 2.30. The lowest BCUT2D eigenvalue weighted by atomic mass is 10.2. The highest BCUT2D eigenvalue weighted by Gasteiger charge is 2.16. The van der Waals surface area contributed by atoms with Crippen LogP contribution in [-0.2, 0) is 0 Å². The van der Waals surface area contributed by atoms with Gasteiger partial charge in [-0.1, -0.05) is 0 Å². The maximum Gasteiger partial charge on any atom is 0.276 e. The number of carbonyl (C=O) groups excluding carboxylic acids is 1. The van der Waals surface area contributed by atoms with Crippen LogP contribution in [0.1, 0.15) is 10.5 Å². The zero-order chi connectivity index (χ0) is 14.0. The van der Waals surface area contributed by atoms with E-state index >= 15 is 0 Å². The smallest absolute Gasteiger partial charge is 0.276 e. The van der Waals surface area contributed by atoms with E-state index in [2.05, 4.69) is 4.98 Å². The number of anilines is 2. The number of hydrogen-bond donors (Lipinski definition) is 2. The molecule has 1 amide bonds. The fourth-order valence-electron chi connectivity index (χ4n) is 1.44. The molecule has 1 aromatic heterocycles. The Morgan fingerprint density at radius 3 is 2.68 bits per heavy atom. The Morgan fingerprint density at radius 2 is 2.00 bits per heavy atom. The van der Waals surface area contributed by atoms with Crippen LogP contribution >= 0.6 is 0 Å². The van der Waals surface area contributed by atoms with Crippen LogP contribution in [0, 0.1) is 17.5 Å². The van der Waals surface area contributed by atoms with E-state index in [0.29, 0.717) is 12.1 Å². The SMILES string of the molecule is Nc1cccnc1C(=O)Nc1cc(F)cc(F)c1F. The lowest BCUT2D eigenvalue weighted by Crippen LogP contribution is -2.17. The molecule has 0 radical (unpaired) electrons. The fourth-order valence-corrected chi connectivity index (χ4v) is 1.44. The number of amides is 1.